The number of aromatic nitrogens is 3. The fourth-order valence-electron chi connectivity index (χ4n) is 7.13. The molecule has 9 heteroatoms. The van der Waals surface area contributed by atoms with Gasteiger partial charge in [-0.3, -0.25) is 9.36 Å². The number of aryl methyl sites for hydroxylation is 2. The van der Waals surface area contributed by atoms with E-state index >= 15 is 0 Å². The Morgan fingerprint density at radius 2 is 1.55 bits per heavy atom. The molecule has 1 fully saturated rings. The van der Waals surface area contributed by atoms with Gasteiger partial charge in [0.1, 0.15) is 17.7 Å². The largest absolute Gasteiger partial charge is 0.496 e. The summed E-state index contributed by atoms with van der Waals surface area (Å²) in [7, 11) is 1.58. The number of hydrogen-bond acceptors (Lipinski definition) is 6. The first-order chi connectivity index (χ1) is 25.4. The van der Waals surface area contributed by atoms with Crippen LogP contribution in [0.5, 0.6) is 5.75 Å². The van der Waals surface area contributed by atoms with Crippen LogP contribution in [0, 0.1) is 0 Å². The lowest BCUT2D eigenvalue weighted by molar-refractivity contribution is -0.130. The highest BCUT2D eigenvalue weighted by atomic mass is 16.6. The molecule has 0 radical (unpaired) electrons. The number of nitrogens with zero attached hydrogens (tertiary/aromatic N) is 4. The van der Waals surface area contributed by atoms with Crippen LogP contribution >= 0.6 is 0 Å². The van der Waals surface area contributed by atoms with Crippen molar-refractivity contribution in [3.8, 4) is 16.9 Å². The lowest BCUT2D eigenvalue weighted by Crippen LogP contribution is -2.40. The van der Waals surface area contributed by atoms with Crippen LogP contribution in [0.2, 0.25) is 0 Å². The second-order valence-electron chi connectivity index (χ2n) is 14.9. The van der Waals surface area contributed by atoms with Crippen LogP contribution < -0.4 is 10.4 Å². The van der Waals surface area contributed by atoms with E-state index in [1.54, 1.807) is 23.3 Å². The highest BCUT2D eigenvalue weighted by Gasteiger charge is 2.45. The van der Waals surface area contributed by atoms with Gasteiger partial charge in [0.25, 0.3) is 0 Å². The summed E-state index contributed by atoms with van der Waals surface area (Å²) in [5.74, 6) is 0.408. The molecule has 5 aromatic rings. The molecule has 0 aliphatic carbocycles. The fraction of sp³-hybridized carbons (Fsp3) is 0.364. The second-order valence-corrected chi connectivity index (χ2v) is 14.9. The highest BCUT2D eigenvalue weighted by molar-refractivity contribution is 5.97. The Kier molecular flexibility index (Phi) is 11.0. The van der Waals surface area contributed by atoms with Crippen LogP contribution in [0.25, 0.3) is 11.1 Å². The van der Waals surface area contributed by atoms with Gasteiger partial charge in [-0.05, 0) is 84.5 Å². The Morgan fingerprint density at radius 3 is 2.19 bits per heavy atom. The zero-order valence-corrected chi connectivity index (χ0v) is 31.8. The molecule has 1 aromatic heterocycles. The normalized spacial score (nSPS) is 16.4. The van der Waals surface area contributed by atoms with E-state index < -0.39 is 24.2 Å². The maximum atomic E-state index is 13.8. The molecular weight excluding hydrogens is 665 g/mol. The molecule has 1 aliphatic heterocycles. The predicted octanol–water partition coefficient (Wildman–Crippen LogP) is 8.47. The number of amides is 2. The molecule has 6 rings (SSSR count). The first kappa shape index (κ1) is 37.3. The molecule has 1 aliphatic rings. The third-order valence-corrected chi connectivity index (χ3v) is 10.3. The number of benzene rings is 4. The average molecular weight is 715 g/mol. The molecule has 53 heavy (non-hydrogen) atoms. The zero-order valence-electron chi connectivity index (χ0n) is 31.8. The van der Waals surface area contributed by atoms with Crippen molar-refractivity contribution < 1.29 is 19.1 Å². The topological polar surface area (TPSA) is 95.7 Å². The van der Waals surface area contributed by atoms with Gasteiger partial charge < -0.3 is 9.47 Å². The Balaban J connectivity index is 1.11. The molecular formula is C44H50N4O5. The number of hydrogen-bond donors (Lipinski definition) is 0. The summed E-state index contributed by atoms with van der Waals surface area (Å²) in [5.41, 5.74) is 7.00. The minimum atomic E-state index is -0.647. The third kappa shape index (κ3) is 7.99. The van der Waals surface area contributed by atoms with Crippen LogP contribution in [0.4, 0.5) is 4.79 Å². The van der Waals surface area contributed by atoms with E-state index in [1.165, 1.54) is 16.0 Å². The van der Waals surface area contributed by atoms with Gasteiger partial charge in [0.2, 0.25) is 5.91 Å². The van der Waals surface area contributed by atoms with Gasteiger partial charge in [0, 0.05) is 18.5 Å². The molecule has 0 bridgehead atoms. The molecule has 0 N–H and O–H groups in total. The van der Waals surface area contributed by atoms with Crippen molar-refractivity contribution in [1.82, 2.24) is 19.2 Å². The van der Waals surface area contributed by atoms with Crippen molar-refractivity contribution in [2.24, 2.45) is 0 Å². The van der Waals surface area contributed by atoms with E-state index in [0.29, 0.717) is 30.8 Å². The van der Waals surface area contributed by atoms with Crippen LogP contribution in [0.1, 0.15) is 93.6 Å². The van der Waals surface area contributed by atoms with Gasteiger partial charge in [-0.25, -0.2) is 19.2 Å². The predicted molar refractivity (Wildman–Crippen MR) is 207 cm³/mol. The molecule has 276 valence electrons. The zero-order chi connectivity index (χ0) is 37.9. The monoisotopic (exact) mass is 714 g/mol. The van der Waals surface area contributed by atoms with E-state index in [0.717, 1.165) is 40.9 Å². The summed E-state index contributed by atoms with van der Waals surface area (Å²) < 4.78 is 14.7. The molecule has 1 saturated heterocycles. The van der Waals surface area contributed by atoms with Crippen LogP contribution in [0.15, 0.2) is 102 Å². The fourth-order valence-corrected chi connectivity index (χ4v) is 7.13. The maximum Gasteiger partial charge on any atom is 0.417 e. The van der Waals surface area contributed by atoms with E-state index in [-0.39, 0.29) is 17.0 Å². The second kappa shape index (κ2) is 15.7. The molecule has 2 heterocycles. The highest BCUT2D eigenvalue weighted by Crippen LogP contribution is 2.37. The van der Waals surface area contributed by atoms with Gasteiger partial charge in [0.05, 0.1) is 25.6 Å². The van der Waals surface area contributed by atoms with E-state index in [1.807, 2.05) is 62.4 Å². The third-order valence-electron chi connectivity index (χ3n) is 10.3. The van der Waals surface area contributed by atoms with Crippen LogP contribution in [-0.4, -0.2) is 44.4 Å². The SMILES string of the molecule is CCn1c(CCCc2ccc(-c3ccc(OC)c([C@@H](C)C(=O)N4C(=O)O[C@@H](c5ccccc5)[C@H]4C)c3)cc2)nn(Cc2ccc(C(C)(C)C)cc2)c1=O. The molecule has 4 aromatic carbocycles. The average Bonchev–Trinajstić information content (AvgIpc) is 3.63. The summed E-state index contributed by atoms with van der Waals surface area (Å²) >= 11 is 0. The summed E-state index contributed by atoms with van der Waals surface area (Å²) in [5, 5.41) is 4.74. The summed E-state index contributed by atoms with van der Waals surface area (Å²) in [6.45, 7) is 13.2. The maximum absolute atomic E-state index is 13.8. The summed E-state index contributed by atoms with van der Waals surface area (Å²) in [6.07, 6.45) is 1.23. The lowest BCUT2D eigenvalue weighted by atomic mass is 9.87. The molecule has 3 atom stereocenters. The molecule has 0 unspecified atom stereocenters. The van der Waals surface area contributed by atoms with Crippen molar-refractivity contribution in [3.05, 3.63) is 141 Å². The van der Waals surface area contributed by atoms with Crippen molar-refractivity contribution in [3.63, 3.8) is 0 Å². The van der Waals surface area contributed by atoms with Gasteiger partial charge in [-0.15, -0.1) is 0 Å². The van der Waals surface area contributed by atoms with Crippen molar-refractivity contribution in [2.75, 3.05) is 7.11 Å². The molecule has 2 amide bonds. The first-order valence-corrected chi connectivity index (χ1v) is 18.5. The van der Waals surface area contributed by atoms with Gasteiger partial charge in [-0.1, -0.05) is 106 Å². The number of methoxy groups -OCH3 is 1. The standard InChI is InChI=1S/C44H50N4O5/c1-8-46-39(45-47(42(46)50)28-32-19-24-36(25-20-32)44(4,5)6)16-12-13-31-17-21-33(22-18-31)35-23-26-38(52-7)37(27-35)29(2)41(49)48-30(3)40(53-43(48)51)34-14-10-9-11-15-34/h9-11,14-15,17-27,29-30,40H,8,12-13,16,28H2,1-7H3/t29-,30-,40-/m1/s1. The molecule has 9 nitrogen and oxygen atoms in total. The Morgan fingerprint density at radius 1 is 0.887 bits per heavy atom. The van der Waals surface area contributed by atoms with Gasteiger partial charge in [0.15, 0.2) is 0 Å². The summed E-state index contributed by atoms with van der Waals surface area (Å²) in [4.78, 5) is 41.2. The molecule has 0 spiro atoms. The van der Waals surface area contributed by atoms with Crippen molar-refractivity contribution >= 4 is 12.0 Å². The van der Waals surface area contributed by atoms with Crippen molar-refractivity contribution in [1.29, 1.82) is 0 Å². The summed E-state index contributed by atoms with van der Waals surface area (Å²) in [6, 6.07) is 31.7. The lowest BCUT2D eigenvalue weighted by Gasteiger charge is -2.24. The Bertz CT molecular complexity index is 2110. The van der Waals surface area contributed by atoms with Gasteiger partial charge in [-0.2, -0.15) is 5.10 Å². The van der Waals surface area contributed by atoms with Crippen molar-refractivity contribution in [2.45, 2.75) is 97.4 Å². The minimum Gasteiger partial charge on any atom is -0.496 e. The number of carbonyl (C=O) groups is 2. The van der Waals surface area contributed by atoms with E-state index in [4.69, 9.17) is 14.6 Å². The number of ether oxygens (including phenoxy) is 2. The number of carbonyl (C=O) groups excluding carboxylic acids is 2. The number of cyclic esters (lactones) is 1. The molecule has 0 saturated carbocycles. The Hall–Kier alpha value is -5.44. The van der Waals surface area contributed by atoms with Gasteiger partial charge >= 0.3 is 11.8 Å². The van der Waals surface area contributed by atoms with Crippen LogP contribution in [-0.2, 0) is 40.9 Å². The Labute approximate surface area is 312 Å². The smallest absolute Gasteiger partial charge is 0.417 e. The van der Waals surface area contributed by atoms with E-state index in [9.17, 15) is 14.4 Å². The first-order valence-electron chi connectivity index (χ1n) is 18.5. The number of rotatable bonds is 12. The number of imide groups is 1. The van der Waals surface area contributed by atoms with E-state index in [2.05, 4.69) is 69.3 Å². The minimum absolute atomic E-state index is 0.0759. The quantitative estimate of drug-likeness (QED) is 0.129. The van der Waals surface area contributed by atoms with Crippen LogP contribution in [0.3, 0.4) is 0 Å².